The first-order valence-corrected chi connectivity index (χ1v) is 14.2. The van der Waals surface area contributed by atoms with Crippen LogP contribution in [0.5, 0.6) is 5.75 Å². The molecule has 1 aliphatic carbocycles. The molecule has 2 bridgehead atoms. The van der Waals surface area contributed by atoms with Crippen molar-refractivity contribution in [3.63, 3.8) is 0 Å². The predicted octanol–water partition coefficient (Wildman–Crippen LogP) is 6.39. The van der Waals surface area contributed by atoms with Crippen molar-refractivity contribution in [1.29, 1.82) is 0 Å². The summed E-state index contributed by atoms with van der Waals surface area (Å²) < 4.78 is 32.1. The van der Waals surface area contributed by atoms with Gasteiger partial charge in [-0.05, 0) is 74.9 Å². The molecule has 0 spiro atoms. The first kappa shape index (κ1) is 24.5. The molecule has 2 aliphatic heterocycles. The predicted molar refractivity (Wildman–Crippen MR) is 144 cm³/mol. The van der Waals surface area contributed by atoms with Gasteiger partial charge in [-0.1, -0.05) is 16.5 Å². The number of methoxy groups -OCH3 is 1. The lowest BCUT2D eigenvalue weighted by molar-refractivity contribution is 0.0147. The van der Waals surface area contributed by atoms with Crippen molar-refractivity contribution in [3.05, 3.63) is 59.1 Å². The molecule has 8 nitrogen and oxygen atoms in total. The lowest BCUT2D eigenvalue weighted by atomic mass is 10.00. The first-order chi connectivity index (χ1) is 19.0. The SMILES string of the molecule is COc1cc(C(=O)O)cc2sc(N3[C@@H]4CC[C@H]3CC(OCc3c(-c5ccc(F)cc5)noc3C3CC3)C4)nc12. The largest absolute Gasteiger partial charge is 0.494 e. The zero-order valence-corrected chi connectivity index (χ0v) is 22.2. The quantitative estimate of drug-likeness (QED) is 0.270. The summed E-state index contributed by atoms with van der Waals surface area (Å²) in [6.45, 7) is 0.419. The Kier molecular flexibility index (Phi) is 6.04. The minimum Gasteiger partial charge on any atom is -0.494 e. The number of rotatable bonds is 8. The monoisotopic (exact) mass is 549 g/mol. The number of thiazole rings is 1. The maximum absolute atomic E-state index is 13.5. The van der Waals surface area contributed by atoms with E-state index in [9.17, 15) is 14.3 Å². The van der Waals surface area contributed by atoms with Crippen LogP contribution in [0.25, 0.3) is 21.5 Å². The number of carbonyl (C=O) groups is 1. The van der Waals surface area contributed by atoms with Crippen molar-refractivity contribution >= 4 is 32.7 Å². The van der Waals surface area contributed by atoms with Gasteiger partial charge in [-0.2, -0.15) is 0 Å². The molecule has 2 aromatic heterocycles. The Hall–Kier alpha value is -3.50. The number of piperidine rings is 1. The first-order valence-electron chi connectivity index (χ1n) is 13.3. The van der Waals surface area contributed by atoms with Gasteiger partial charge in [0.15, 0.2) is 5.13 Å². The van der Waals surface area contributed by atoms with E-state index in [-0.39, 0.29) is 17.5 Å². The van der Waals surface area contributed by atoms with E-state index in [0.29, 0.717) is 35.9 Å². The van der Waals surface area contributed by atoms with Crippen molar-refractivity contribution < 1.29 is 28.3 Å². The fourth-order valence-corrected chi connectivity index (χ4v) is 7.28. The molecule has 1 saturated carbocycles. The Labute approximate surface area is 228 Å². The molecule has 4 heterocycles. The minimum atomic E-state index is -0.983. The smallest absolute Gasteiger partial charge is 0.335 e. The molecule has 3 aliphatic rings. The van der Waals surface area contributed by atoms with Gasteiger partial charge in [0.25, 0.3) is 0 Å². The normalized spacial score (nSPS) is 22.5. The van der Waals surface area contributed by atoms with Gasteiger partial charge in [-0.3, -0.25) is 0 Å². The van der Waals surface area contributed by atoms with Gasteiger partial charge < -0.3 is 24.0 Å². The van der Waals surface area contributed by atoms with Crippen molar-refractivity contribution in [2.24, 2.45) is 0 Å². The number of aromatic nitrogens is 2. The molecular formula is C29H28FN3O5S. The lowest BCUT2D eigenvalue weighted by Crippen LogP contribution is -2.45. The molecule has 202 valence electrons. The molecule has 2 aromatic carbocycles. The third-order valence-electron chi connectivity index (χ3n) is 8.17. The number of anilines is 1. The number of nitrogens with zero attached hydrogens (tertiary/aromatic N) is 3. The molecule has 7 rings (SSSR count). The van der Waals surface area contributed by atoms with E-state index < -0.39 is 5.97 Å². The average Bonchev–Trinajstić information content (AvgIpc) is 3.45. The van der Waals surface area contributed by atoms with E-state index in [1.165, 1.54) is 36.6 Å². The molecule has 1 N–H and O–H groups in total. The molecule has 3 atom stereocenters. The van der Waals surface area contributed by atoms with Crippen LogP contribution in [-0.2, 0) is 11.3 Å². The Morgan fingerprint density at radius 1 is 1.15 bits per heavy atom. The number of fused-ring (bicyclic) bond motifs is 3. The van der Waals surface area contributed by atoms with E-state index in [2.05, 4.69) is 10.1 Å². The Bertz CT molecular complexity index is 1530. The maximum atomic E-state index is 13.5. The topological polar surface area (TPSA) is 97.9 Å². The standard InChI is InChI=1S/C29H28FN3O5S/c1-36-23-10-17(28(34)35)11-24-26(23)31-29(39-24)33-19-8-9-20(33)13-21(12-19)37-14-22-25(15-4-6-18(30)7-5-15)32-38-27(22)16-2-3-16/h4-7,10-11,16,19-21H,2-3,8-9,12-14H2,1H3,(H,34,35)/t19-,20+,21?. The van der Waals surface area contributed by atoms with Crippen LogP contribution in [0.1, 0.15) is 66.1 Å². The summed E-state index contributed by atoms with van der Waals surface area (Å²) in [4.78, 5) is 18.9. The number of carboxylic acids is 1. The Morgan fingerprint density at radius 3 is 2.56 bits per heavy atom. The minimum absolute atomic E-state index is 0.101. The second kappa shape index (κ2) is 9.60. The summed E-state index contributed by atoms with van der Waals surface area (Å²) in [5.41, 5.74) is 3.45. The summed E-state index contributed by atoms with van der Waals surface area (Å²) in [5, 5.41) is 14.7. The fraction of sp³-hybridized carbons (Fsp3) is 0.414. The van der Waals surface area contributed by atoms with Crippen molar-refractivity contribution in [3.8, 4) is 17.0 Å². The van der Waals surface area contributed by atoms with Crippen LogP contribution >= 0.6 is 11.3 Å². The van der Waals surface area contributed by atoms with Gasteiger partial charge >= 0.3 is 5.97 Å². The van der Waals surface area contributed by atoms with Gasteiger partial charge in [0.1, 0.15) is 28.5 Å². The average molecular weight is 550 g/mol. The summed E-state index contributed by atoms with van der Waals surface area (Å²) in [7, 11) is 1.54. The van der Waals surface area contributed by atoms with Gasteiger partial charge in [-0.15, -0.1) is 0 Å². The number of halogens is 1. The van der Waals surface area contributed by atoms with Crippen LogP contribution < -0.4 is 9.64 Å². The molecule has 1 unspecified atom stereocenters. The number of aromatic carboxylic acids is 1. The number of hydrogen-bond donors (Lipinski definition) is 1. The Morgan fingerprint density at radius 2 is 1.90 bits per heavy atom. The van der Waals surface area contributed by atoms with Crippen molar-refractivity contribution in [2.45, 2.75) is 69.2 Å². The maximum Gasteiger partial charge on any atom is 0.335 e. The molecular weight excluding hydrogens is 521 g/mol. The number of benzene rings is 2. The number of carboxylic acid groups (broad SMARTS) is 1. The van der Waals surface area contributed by atoms with Gasteiger partial charge in [-0.25, -0.2) is 14.2 Å². The van der Waals surface area contributed by atoms with Crippen molar-refractivity contribution in [1.82, 2.24) is 10.1 Å². The number of ether oxygens (including phenoxy) is 2. The highest BCUT2D eigenvalue weighted by Gasteiger charge is 2.43. The fourth-order valence-electron chi connectivity index (χ4n) is 6.12. The van der Waals surface area contributed by atoms with Crippen LogP contribution in [0.4, 0.5) is 9.52 Å². The third kappa shape index (κ3) is 4.45. The van der Waals surface area contributed by atoms with Gasteiger partial charge in [0.05, 0.1) is 30.1 Å². The number of hydrogen-bond acceptors (Lipinski definition) is 8. The van der Waals surface area contributed by atoms with Gasteiger partial charge in [0, 0.05) is 29.1 Å². The molecule has 0 amide bonds. The van der Waals surface area contributed by atoms with E-state index in [1.54, 1.807) is 18.2 Å². The third-order valence-corrected chi connectivity index (χ3v) is 9.19. The summed E-state index contributed by atoms with van der Waals surface area (Å²) >= 11 is 1.52. The summed E-state index contributed by atoms with van der Waals surface area (Å²) in [5.74, 6) is 0.511. The van der Waals surface area contributed by atoms with E-state index in [4.69, 9.17) is 19.0 Å². The van der Waals surface area contributed by atoms with Crippen LogP contribution in [0, 0.1) is 5.82 Å². The van der Waals surface area contributed by atoms with E-state index in [1.807, 2.05) is 0 Å². The van der Waals surface area contributed by atoms with E-state index in [0.717, 1.165) is 70.9 Å². The van der Waals surface area contributed by atoms with Crippen LogP contribution in [0.3, 0.4) is 0 Å². The van der Waals surface area contributed by atoms with E-state index >= 15 is 0 Å². The molecule has 39 heavy (non-hydrogen) atoms. The van der Waals surface area contributed by atoms with Crippen LogP contribution in [-0.4, -0.2) is 46.5 Å². The van der Waals surface area contributed by atoms with Gasteiger partial charge in [0.2, 0.25) is 0 Å². The highest BCUT2D eigenvalue weighted by Crippen LogP contribution is 2.46. The molecule has 0 radical (unpaired) electrons. The summed E-state index contributed by atoms with van der Waals surface area (Å²) in [6, 6.07) is 10.2. The molecule has 2 saturated heterocycles. The van der Waals surface area contributed by atoms with Crippen molar-refractivity contribution in [2.75, 3.05) is 12.0 Å². The molecule has 10 heteroatoms. The zero-order chi connectivity index (χ0) is 26.7. The molecule has 3 fully saturated rings. The second-order valence-corrected chi connectivity index (χ2v) is 11.7. The Balaban J connectivity index is 1.10. The zero-order valence-electron chi connectivity index (χ0n) is 21.4. The second-order valence-electron chi connectivity index (χ2n) is 10.7. The van der Waals surface area contributed by atoms with Crippen LogP contribution in [0.2, 0.25) is 0 Å². The highest BCUT2D eigenvalue weighted by atomic mass is 32.1. The molecule has 4 aromatic rings. The van der Waals surface area contributed by atoms with Crippen LogP contribution in [0.15, 0.2) is 40.9 Å². The summed E-state index contributed by atoms with van der Waals surface area (Å²) in [6.07, 6.45) is 6.20. The highest BCUT2D eigenvalue weighted by molar-refractivity contribution is 7.22. The lowest BCUT2D eigenvalue weighted by Gasteiger charge is -2.38.